The minimum atomic E-state index is -1.24. The van der Waals surface area contributed by atoms with Gasteiger partial charge in [0.15, 0.2) is 5.13 Å². The quantitative estimate of drug-likeness (QED) is 0.550. The van der Waals surface area contributed by atoms with Crippen molar-refractivity contribution in [1.29, 1.82) is 0 Å². The van der Waals surface area contributed by atoms with Gasteiger partial charge in [0.05, 0.1) is 12.3 Å². The van der Waals surface area contributed by atoms with Crippen molar-refractivity contribution >= 4 is 40.3 Å². The summed E-state index contributed by atoms with van der Waals surface area (Å²) in [5, 5.41) is 5.35. The van der Waals surface area contributed by atoms with Crippen LogP contribution >= 0.6 is 11.3 Å². The van der Waals surface area contributed by atoms with E-state index in [4.69, 9.17) is 4.74 Å². The van der Waals surface area contributed by atoms with Crippen molar-refractivity contribution in [1.82, 2.24) is 15.2 Å². The van der Waals surface area contributed by atoms with Crippen LogP contribution in [-0.2, 0) is 19.9 Å². The zero-order chi connectivity index (χ0) is 21.2. The van der Waals surface area contributed by atoms with Crippen molar-refractivity contribution in [2.45, 2.75) is 26.3 Å². The number of benzene rings is 1. The van der Waals surface area contributed by atoms with Crippen LogP contribution in [-0.4, -0.2) is 46.9 Å². The highest BCUT2D eigenvalue weighted by Gasteiger charge is 2.49. The molecular formula is C19H20N4O5S. The Bertz CT molecular complexity index is 974. The lowest BCUT2D eigenvalue weighted by molar-refractivity contribution is -0.133. The number of aryl methyl sites for hydroxylation is 1. The van der Waals surface area contributed by atoms with Crippen LogP contribution in [0.25, 0.3) is 0 Å². The maximum atomic E-state index is 12.8. The predicted octanol–water partition coefficient (Wildman–Crippen LogP) is 2.03. The lowest BCUT2D eigenvalue weighted by Gasteiger charge is -2.21. The normalized spacial score (nSPS) is 18.5. The standard InChI is InChI=1S/C19H20N4O5S/c1-4-28-15(25)14-11(2)20-17(29-14)21-13(24)10-23-16(26)19(3,22-18(23)27)12-8-6-5-7-9-12/h5-9H,4,10H2,1-3H3,(H,22,27)(H,20,21,24). The van der Waals surface area contributed by atoms with Gasteiger partial charge in [-0.05, 0) is 26.3 Å². The third kappa shape index (κ3) is 3.97. The molecule has 2 aromatic rings. The van der Waals surface area contributed by atoms with Gasteiger partial charge >= 0.3 is 12.0 Å². The molecule has 152 valence electrons. The Labute approximate surface area is 171 Å². The molecule has 29 heavy (non-hydrogen) atoms. The van der Waals surface area contributed by atoms with E-state index in [0.29, 0.717) is 11.3 Å². The van der Waals surface area contributed by atoms with Gasteiger partial charge in [0.2, 0.25) is 5.91 Å². The lowest BCUT2D eigenvalue weighted by Crippen LogP contribution is -2.42. The van der Waals surface area contributed by atoms with Gasteiger partial charge in [-0.2, -0.15) is 0 Å². The van der Waals surface area contributed by atoms with E-state index in [9.17, 15) is 19.2 Å². The molecule has 1 aromatic heterocycles. The number of ether oxygens (including phenoxy) is 1. The summed E-state index contributed by atoms with van der Waals surface area (Å²) < 4.78 is 4.94. The predicted molar refractivity (Wildman–Crippen MR) is 105 cm³/mol. The second kappa shape index (κ2) is 8.00. The first kappa shape index (κ1) is 20.5. The first-order chi connectivity index (χ1) is 13.8. The van der Waals surface area contributed by atoms with Crippen LogP contribution in [0.1, 0.15) is 34.8 Å². The average molecular weight is 416 g/mol. The largest absolute Gasteiger partial charge is 0.462 e. The third-order valence-electron chi connectivity index (χ3n) is 4.43. The second-order valence-electron chi connectivity index (χ2n) is 6.51. The molecule has 4 amide bonds. The molecule has 0 saturated carbocycles. The Hall–Kier alpha value is -3.27. The fraction of sp³-hybridized carbons (Fsp3) is 0.316. The zero-order valence-corrected chi connectivity index (χ0v) is 17.0. The first-order valence-electron chi connectivity index (χ1n) is 8.90. The number of aromatic nitrogens is 1. The van der Waals surface area contributed by atoms with Crippen molar-refractivity contribution in [2.75, 3.05) is 18.5 Å². The van der Waals surface area contributed by atoms with Crippen molar-refractivity contribution in [3.63, 3.8) is 0 Å². The molecule has 0 aliphatic carbocycles. The second-order valence-corrected chi connectivity index (χ2v) is 7.51. The highest BCUT2D eigenvalue weighted by atomic mass is 32.1. The molecule has 2 N–H and O–H groups in total. The molecule has 0 radical (unpaired) electrons. The molecule has 10 heteroatoms. The maximum absolute atomic E-state index is 12.8. The van der Waals surface area contributed by atoms with E-state index >= 15 is 0 Å². The number of amides is 4. The number of hydrogen-bond donors (Lipinski definition) is 2. The number of carbonyl (C=O) groups excluding carboxylic acids is 4. The fourth-order valence-corrected chi connectivity index (χ4v) is 3.82. The van der Waals surface area contributed by atoms with E-state index in [0.717, 1.165) is 16.2 Å². The molecule has 1 unspecified atom stereocenters. The van der Waals surface area contributed by atoms with Crippen LogP contribution in [0.5, 0.6) is 0 Å². The molecule has 3 rings (SSSR count). The molecular weight excluding hydrogens is 396 g/mol. The SMILES string of the molecule is CCOC(=O)c1sc(NC(=O)CN2C(=O)NC(C)(c3ccccc3)C2=O)nc1C. The highest BCUT2D eigenvalue weighted by molar-refractivity contribution is 7.17. The molecule has 1 atom stereocenters. The minimum Gasteiger partial charge on any atom is -0.462 e. The van der Waals surface area contributed by atoms with Gasteiger partial charge in [0.25, 0.3) is 5.91 Å². The van der Waals surface area contributed by atoms with Gasteiger partial charge in [-0.15, -0.1) is 0 Å². The Morgan fingerprint density at radius 2 is 1.97 bits per heavy atom. The molecule has 1 saturated heterocycles. The van der Waals surface area contributed by atoms with E-state index in [1.54, 1.807) is 51.1 Å². The molecule has 1 aromatic carbocycles. The highest BCUT2D eigenvalue weighted by Crippen LogP contribution is 2.29. The number of nitrogens with zero attached hydrogens (tertiary/aromatic N) is 2. The summed E-state index contributed by atoms with van der Waals surface area (Å²) in [5.74, 6) is -1.64. The number of imide groups is 1. The van der Waals surface area contributed by atoms with Crippen LogP contribution in [0.4, 0.5) is 9.93 Å². The first-order valence-corrected chi connectivity index (χ1v) is 9.72. The molecule has 1 aliphatic heterocycles. The van der Waals surface area contributed by atoms with Gasteiger partial charge in [-0.25, -0.2) is 14.6 Å². The molecule has 2 heterocycles. The number of urea groups is 1. The Morgan fingerprint density at radius 1 is 1.28 bits per heavy atom. The maximum Gasteiger partial charge on any atom is 0.350 e. The number of rotatable bonds is 6. The molecule has 1 aliphatic rings. The Balaban J connectivity index is 1.70. The van der Waals surface area contributed by atoms with Gasteiger partial charge in [-0.1, -0.05) is 41.7 Å². The zero-order valence-electron chi connectivity index (χ0n) is 16.1. The fourth-order valence-electron chi connectivity index (χ4n) is 2.95. The smallest absolute Gasteiger partial charge is 0.350 e. The summed E-state index contributed by atoms with van der Waals surface area (Å²) in [7, 11) is 0. The van der Waals surface area contributed by atoms with E-state index in [-0.39, 0.29) is 16.6 Å². The molecule has 0 bridgehead atoms. The van der Waals surface area contributed by atoms with Gasteiger partial charge in [0.1, 0.15) is 17.0 Å². The number of thiazole rings is 1. The van der Waals surface area contributed by atoms with Crippen LogP contribution in [0.2, 0.25) is 0 Å². The summed E-state index contributed by atoms with van der Waals surface area (Å²) in [4.78, 5) is 54.7. The van der Waals surface area contributed by atoms with Crippen molar-refractivity contribution in [2.24, 2.45) is 0 Å². The number of carbonyl (C=O) groups is 4. The van der Waals surface area contributed by atoms with Crippen LogP contribution in [0.15, 0.2) is 30.3 Å². The Kier molecular flexibility index (Phi) is 5.64. The number of hydrogen-bond acceptors (Lipinski definition) is 7. The summed E-state index contributed by atoms with van der Waals surface area (Å²) in [6.07, 6.45) is 0. The topological polar surface area (TPSA) is 118 Å². The lowest BCUT2D eigenvalue weighted by atomic mass is 9.92. The van der Waals surface area contributed by atoms with E-state index in [1.165, 1.54) is 0 Å². The number of anilines is 1. The van der Waals surface area contributed by atoms with Crippen LogP contribution in [0.3, 0.4) is 0 Å². The van der Waals surface area contributed by atoms with E-state index in [2.05, 4.69) is 15.6 Å². The number of nitrogens with one attached hydrogen (secondary N) is 2. The van der Waals surface area contributed by atoms with Crippen LogP contribution in [0, 0.1) is 6.92 Å². The monoisotopic (exact) mass is 416 g/mol. The summed E-state index contributed by atoms with van der Waals surface area (Å²) >= 11 is 0.970. The summed E-state index contributed by atoms with van der Waals surface area (Å²) in [5.41, 5.74) is -0.195. The Morgan fingerprint density at radius 3 is 2.62 bits per heavy atom. The van der Waals surface area contributed by atoms with Gasteiger partial charge in [-0.3, -0.25) is 14.5 Å². The van der Waals surface area contributed by atoms with Crippen molar-refractivity contribution in [3.05, 3.63) is 46.5 Å². The van der Waals surface area contributed by atoms with Gasteiger partial charge in [0, 0.05) is 0 Å². The van der Waals surface area contributed by atoms with Crippen molar-refractivity contribution in [3.8, 4) is 0 Å². The molecule has 1 fully saturated rings. The van der Waals surface area contributed by atoms with E-state index in [1.807, 2.05) is 0 Å². The third-order valence-corrected chi connectivity index (χ3v) is 5.48. The van der Waals surface area contributed by atoms with Crippen LogP contribution < -0.4 is 10.6 Å². The minimum absolute atomic E-state index is 0.188. The molecule has 0 spiro atoms. The number of esters is 1. The summed E-state index contributed by atoms with van der Waals surface area (Å²) in [6, 6.07) is 8.15. The average Bonchev–Trinajstić information content (AvgIpc) is 3.15. The van der Waals surface area contributed by atoms with E-state index < -0.39 is 35.9 Å². The van der Waals surface area contributed by atoms with Gasteiger partial charge < -0.3 is 15.4 Å². The molecule has 9 nitrogen and oxygen atoms in total. The summed E-state index contributed by atoms with van der Waals surface area (Å²) in [6.45, 7) is 4.67. The van der Waals surface area contributed by atoms with Crippen molar-refractivity contribution < 1.29 is 23.9 Å².